The van der Waals surface area contributed by atoms with Gasteiger partial charge in [-0.15, -0.1) is 0 Å². The van der Waals surface area contributed by atoms with Crippen molar-refractivity contribution in [2.24, 2.45) is 12.8 Å². The highest BCUT2D eigenvalue weighted by atomic mass is 35.5. The maximum atomic E-state index is 14.5. The number of halogens is 2. The van der Waals surface area contributed by atoms with Crippen molar-refractivity contribution in [3.8, 4) is 11.3 Å². The van der Waals surface area contributed by atoms with Crippen molar-refractivity contribution in [1.29, 1.82) is 0 Å². The zero-order valence-corrected chi connectivity index (χ0v) is 18.3. The van der Waals surface area contributed by atoms with Crippen LogP contribution in [-0.4, -0.2) is 15.5 Å². The van der Waals surface area contributed by atoms with Crippen LogP contribution in [0, 0.1) is 12.7 Å². The van der Waals surface area contributed by atoms with Crippen LogP contribution in [0.15, 0.2) is 51.9 Å². The number of nitrogens with two attached hydrogens (primary N) is 1. The molecule has 0 radical (unpaired) electrons. The van der Waals surface area contributed by atoms with Gasteiger partial charge in [-0.1, -0.05) is 11.6 Å². The molecule has 0 aliphatic carbocycles. The Hall–Kier alpha value is -3.65. The molecule has 0 bridgehead atoms. The van der Waals surface area contributed by atoms with E-state index in [0.29, 0.717) is 22.6 Å². The highest BCUT2D eigenvalue weighted by Gasteiger charge is 2.21. The van der Waals surface area contributed by atoms with Gasteiger partial charge in [-0.25, -0.2) is 9.37 Å². The van der Waals surface area contributed by atoms with Crippen molar-refractivity contribution in [2.75, 3.05) is 5.32 Å². The Labute approximate surface area is 187 Å². The van der Waals surface area contributed by atoms with E-state index in [9.17, 15) is 14.0 Å². The highest BCUT2D eigenvalue weighted by Crippen LogP contribution is 2.32. The number of carbonyl (C=O) groups is 1. The normalized spacial score (nSPS) is 12.2. The lowest BCUT2D eigenvalue weighted by Crippen LogP contribution is -2.18. The summed E-state index contributed by atoms with van der Waals surface area (Å²) in [4.78, 5) is 28.8. The van der Waals surface area contributed by atoms with Crippen LogP contribution in [0.2, 0.25) is 5.15 Å². The Morgan fingerprint density at radius 3 is 2.72 bits per heavy atom. The van der Waals surface area contributed by atoms with Gasteiger partial charge in [-0.05, 0) is 44.2 Å². The summed E-state index contributed by atoms with van der Waals surface area (Å²) in [6.07, 6.45) is 3.67. The fraction of sp³-hybridized carbons (Fsp3) is 0.174. The summed E-state index contributed by atoms with van der Waals surface area (Å²) in [6.45, 7) is 3.40. The smallest absolute Gasteiger partial charge is 0.269 e. The average Bonchev–Trinajstić information content (AvgIpc) is 3.17. The fourth-order valence-electron chi connectivity index (χ4n) is 3.67. The lowest BCUT2D eigenvalue weighted by Gasteiger charge is -2.19. The number of nitrogens with zero attached hydrogens (tertiary/aromatic N) is 2. The number of nitrogens with one attached hydrogen (secondary N) is 1. The zero-order valence-electron chi connectivity index (χ0n) is 17.6. The first kappa shape index (κ1) is 21.6. The lowest BCUT2D eigenvalue weighted by atomic mass is 10.0. The number of fused-ring (bicyclic) bond motifs is 1. The van der Waals surface area contributed by atoms with E-state index < -0.39 is 17.8 Å². The van der Waals surface area contributed by atoms with Crippen molar-refractivity contribution in [3.05, 3.63) is 80.7 Å². The van der Waals surface area contributed by atoms with E-state index in [0.717, 1.165) is 11.6 Å². The Morgan fingerprint density at radius 2 is 2.06 bits per heavy atom. The Morgan fingerprint density at radius 1 is 1.31 bits per heavy atom. The number of anilines is 1. The summed E-state index contributed by atoms with van der Waals surface area (Å²) >= 11 is 5.88. The van der Waals surface area contributed by atoms with Gasteiger partial charge < -0.3 is 20.0 Å². The third-order valence-electron chi connectivity index (χ3n) is 5.24. The van der Waals surface area contributed by atoms with Crippen LogP contribution in [0.25, 0.3) is 22.3 Å². The molecule has 0 saturated carbocycles. The maximum Gasteiger partial charge on any atom is 0.269 e. The quantitative estimate of drug-likeness (QED) is 0.430. The second-order valence-corrected chi connectivity index (χ2v) is 7.97. The van der Waals surface area contributed by atoms with Crippen LogP contribution in [0.5, 0.6) is 0 Å². The lowest BCUT2D eigenvalue weighted by molar-refractivity contribution is 0.0996. The van der Waals surface area contributed by atoms with Crippen molar-refractivity contribution in [1.82, 2.24) is 9.55 Å². The molecule has 0 aliphatic rings. The van der Waals surface area contributed by atoms with Gasteiger partial charge in [0.25, 0.3) is 5.91 Å². The van der Waals surface area contributed by atoms with E-state index in [1.54, 1.807) is 19.9 Å². The third-order valence-corrected chi connectivity index (χ3v) is 5.45. The van der Waals surface area contributed by atoms with E-state index in [4.69, 9.17) is 21.8 Å². The second-order valence-electron chi connectivity index (χ2n) is 7.58. The van der Waals surface area contributed by atoms with Crippen molar-refractivity contribution in [3.63, 3.8) is 0 Å². The Bertz CT molecular complexity index is 1430. The largest absolute Gasteiger partial charge is 0.455 e. The van der Waals surface area contributed by atoms with Gasteiger partial charge in [-0.2, -0.15) is 0 Å². The van der Waals surface area contributed by atoms with Gasteiger partial charge in [0, 0.05) is 36.1 Å². The monoisotopic (exact) mass is 454 g/mol. The summed E-state index contributed by atoms with van der Waals surface area (Å²) in [5.41, 5.74) is 7.15. The SMILES string of the molecule is Cc1c(-c2ccn(C)c2)oc2c(C(C)Nc3ccc(Cl)nc3C(N)=O)cc(F)cc2c1=O. The van der Waals surface area contributed by atoms with Crippen LogP contribution >= 0.6 is 11.6 Å². The van der Waals surface area contributed by atoms with Crippen LogP contribution in [0.4, 0.5) is 10.1 Å². The summed E-state index contributed by atoms with van der Waals surface area (Å²) < 4.78 is 22.5. The van der Waals surface area contributed by atoms with Crippen LogP contribution in [0.1, 0.15) is 34.6 Å². The van der Waals surface area contributed by atoms with E-state index in [2.05, 4.69) is 10.3 Å². The zero-order chi connectivity index (χ0) is 23.2. The molecule has 1 amide bonds. The topological polar surface area (TPSA) is 103 Å². The molecule has 0 saturated heterocycles. The number of pyridine rings is 1. The Balaban J connectivity index is 1.88. The number of primary amides is 1. The standard InChI is InChI=1S/C23H20ClFN4O3/c1-11-20(30)16-9-14(25)8-15(22(16)32-21(11)13-6-7-29(3)10-13)12(2)27-17-4-5-18(24)28-19(17)23(26)31/h4-10,12,27H,1-3H3,(H2,26,31). The number of hydrogen-bond donors (Lipinski definition) is 2. The molecule has 164 valence electrons. The number of carbonyl (C=O) groups excluding carboxylic acids is 1. The molecule has 0 aliphatic heterocycles. The number of aryl methyl sites for hydroxylation is 1. The molecule has 3 heterocycles. The summed E-state index contributed by atoms with van der Waals surface area (Å²) in [6, 6.07) is 6.79. The number of aromatic nitrogens is 2. The van der Waals surface area contributed by atoms with E-state index >= 15 is 0 Å². The molecule has 3 N–H and O–H groups in total. The van der Waals surface area contributed by atoms with Gasteiger partial charge in [0.05, 0.1) is 17.1 Å². The van der Waals surface area contributed by atoms with E-state index in [1.165, 1.54) is 12.1 Å². The number of rotatable bonds is 5. The van der Waals surface area contributed by atoms with Gasteiger partial charge in [0.1, 0.15) is 22.3 Å². The summed E-state index contributed by atoms with van der Waals surface area (Å²) in [5, 5.41) is 3.34. The molecule has 9 heteroatoms. The number of benzene rings is 1. The maximum absolute atomic E-state index is 14.5. The molecule has 4 aromatic rings. The van der Waals surface area contributed by atoms with Gasteiger partial charge in [0.2, 0.25) is 0 Å². The predicted molar refractivity (Wildman–Crippen MR) is 121 cm³/mol. The van der Waals surface area contributed by atoms with Crippen LogP contribution in [-0.2, 0) is 7.05 Å². The molecular weight excluding hydrogens is 435 g/mol. The molecule has 0 spiro atoms. The predicted octanol–water partition coefficient (Wildman–Crippen LogP) is 4.57. The van der Waals surface area contributed by atoms with E-state index in [-0.39, 0.29) is 27.2 Å². The molecule has 1 unspecified atom stereocenters. The Kier molecular flexibility index (Phi) is 5.48. The van der Waals surface area contributed by atoms with Gasteiger partial charge >= 0.3 is 0 Å². The van der Waals surface area contributed by atoms with Crippen LogP contribution in [0.3, 0.4) is 0 Å². The first-order valence-corrected chi connectivity index (χ1v) is 10.2. The molecule has 0 fully saturated rings. The third kappa shape index (κ3) is 3.85. The molecular formula is C23H20ClFN4O3. The van der Waals surface area contributed by atoms with Gasteiger partial charge in [0.15, 0.2) is 11.1 Å². The first-order valence-electron chi connectivity index (χ1n) is 9.77. The second kappa shape index (κ2) is 8.12. The summed E-state index contributed by atoms with van der Waals surface area (Å²) in [7, 11) is 1.86. The molecule has 32 heavy (non-hydrogen) atoms. The first-order chi connectivity index (χ1) is 15.2. The average molecular weight is 455 g/mol. The molecule has 7 nitrogen and oxygen atoms in total. The van der Waals surface area contributed by atoms with Crippen molar-refractivity contribution >= 4 is 34.2 Å². The summed E-state index contributed by atoms with van der Waals surface area (Å²) in [5.74, 6) is -0.932. The highest BCUT2D eigenvalue weighted by molar-refractivity contribution is 6.29. The molecule has 1 aromatic carbocycles. The minimum Gasteiger partial charge on any atom is -0.455 e. The van der Waals surface area contributed by atoms with Crippen LogP contribution < -0.4 is 16.5 Å². The van der Waals surface area contributed by atoms with E-state index in [1.807, 2.05) is 30.1 Å². The minimum absolute atomic E-state index is 0.0488. The molecule has 1 atom stereocenters. The minimum atomic E-state index is -0.764. The molecule has 4 rings (SSSR count). The fourth-order valence-corrected chi connectivity index (χ4v) is 3.81. The number of hydrogen-bond acceptors (Lipinski definition) is 5. The van der Waals surface area contributed by atoms with Crippen molar-refractivity contribution in [2.45, 2.75) is 19.9 Å². The number of amides is 1. The molecule has 3 aromatic heterocycles. The van der Waals surface area contributed by atoms with Gasteiger partial charge in [-0.3, -0.25) is 9.59 Å². The van der Waals surface area contributed by atoms with Crippen molar-refractivity contribution < 1.29 is 13.6 Å².